The first kappa shape index (κ1) is 23.4. The molecule has 176 valence electrons. The van der Waals surface area contributed by atoms with Gasteiger partial charge in [0.15, 0.2) is 12.4 Å². The third-order valence-corrected chi connectivity index (χ3v) is 9.06. The minimum atomic E-state index is -1.63. The molecule has 7 atom stereocenters. The zero-order chi connectivity index (χ0) is 23.7. The standard InChI is InChI=1S/C26H36O6/c1-23(2,3)22(30)32-14-20(29)26(31)11-9-18-17-7-6-15-12-16(27)8-10-24(15,4)21(17)19(28)13-25(18,26)5/h8,10,12,17-19,21,28,31H,6-7,9,11,13-14H2,1-5H3/t17-,18-,19+,21+,24-,25-,26+/m0/s1. The Bertz CT molecular complexity index is 910. The number of hydrogen-bond donors (Lipinski definition) is 2. The lowest BCUT2D eigenvalue weighted by molar-refractivity contribution is -0.182. The number of aliphatic hydroxyl groups is 2. The Balaban J connectivity index is 1.60. The molecule has 0 aromatic carbocycles. The van der Waals surface area contributed by atoms with Crippen LogP contribution in [0.5, 0.6) is 0 Å². The fourth-order valence-electron chi connectivity index (χ4n) is 7.26. The molecule has 6 heteroatoms. The van der Waals surface area contributed by atoms with E-state index in [1.54, 1.807) is 32.9 Å². The molecule has 4 rings (SSSR count). The molecule has 2 N–H and O–H groups in total. The number of rotatable bonds is 3. The number of ketones is 2. The summed E-state index contributed by atoms with van der Waals surface area (Å²) >= 11 is 0. The van der Waals surface area contributed by atoms with Gasteiger partial charge in [-0.3, -0.25) is 14.4 Å². The molecule has 0 radical (unpaired) electrons. The Morgan fingerprint density at radius 3 is 2.56 bits per heavy atom. The van der Waals surface area contributed by atoms with E-state index in [0.29, 0.717) is 19.3 Å². The minimum Gasteiger partial charge on any atom is -0.457 e. The number of fused-ring (bicyclic) bond motifs is 5. The van der Waals surface area contributed by atoms with Gasteiger partial charge >= 0.3 is 5.97 Å². The highest BCUT2D eigenvalue weighted by Gasteiger charge is 2.68. The van der Waals surface area contributed by atoms with Crippen molar-refractivity contribution in [1.29, 1.82) is 0 Å². The molecule has 0 heterocycles. The number of aliphatic hydroxyl groups excluding tert-OH is 1. The number of ether oxygens (including phenoxy) is 1. The topological polar surface area (TPSA) is 101 Å². The van der Waals surface area contributed by atoms with E-state index in [1.165, 1.54) is 0 Å². The van der Waals surface area contributed by atoms with Crippen molar-refractivity contribution < 1.29 is 29.3 Å². The van der Waals surface area contributed by atoms with Crippen LogP contribution >= 0.6 is 0 Å². The lowest BCUT2D eigenvalue weighted by atomic mass is 9.46. The molecule has 0 bridgehead atoms. The molecule has 32 heavy (non-hydrogen) atoms. The van der Waals surface area contributed by atoms with Gasteiger partial charge in [0.05, 0.1) is 11.5 Å². The van der Waals surface area contributed by atoms with Crippen molar-refractivity contribution in [2.75, 3.05) is 6.61 Å². The van der Waals surface area contributed by atoms with Crippen molar-refractivity contribution in [1.82, 2.24) is 0 Å². The maximum absolute atomic E-state index is 13.2. The maximum atomic E-state index is 13.2. The Morgan fingerprint density at radius 2 is 1.91 bits per heavy atom. The monoisotopic (exact) mass is 444 g/mol. The molecule has 0 aliphatic heterocycles. The van der Waals surface area contributed by atoms with Crippen LogP contribution in [-0.4, -0.2) is 46.1 Å². The zero-order valence-corrected chi connectivity index (χ0v) is 19.8. The smallest absolute Gasteiger partial charge is 0.311 e. The minimum absolute atomic E-state index is 0.00305. The van der Waals surface area contributed by atoms with Crippen molar-refractivity contribution >= 4 is 17.5 Å². The Labute approximate surface area is 190 Å². The SMILES string of the molecule is CC(C)(C)C(=O)OCC(=O)[C@]1(O)CC[C@H]2[C@@H]3CCC4=CC(=O)C=C[C@]4(C)[C@H]3[C@H](O)C[C@@]21C. The number of esters is 1. The first-order valence-corrected chi connectivity index (χ1v) is 11.8. The van der Waals surface area contributed by atoms with Gasteiger partial charge in [-0.2, -0.15) is 0 Å². The summed E-state index contributed by atoms with van der Waals surface area (Å²) in [4.78, 5) is 37.3. The summed E-state index contributed by atoms with van der Waals surface area (Å²) in [6.45, 7) is 8.73. The number of carbonyl (C=O) groups is 3. The average molecular weight is 445 g/mol. The summed E-state index contributed by atoms with van der Waals surface area (Å²) in [6, 6.07) is 0. The second kappa shape index (κ2) is 7.36. The summed E-state index contributed by atoms with van der Waals surface area (Å²) in [5.74, 6) is -0.791. The molecule has 0 aromatic rings. The number of Topliss-reactive ketones (excluding diaryl/α,β-unsaturated/α-hetero) is 1. The predicted octanol–water partition coefficient (Wildman–Crippen LogP) is 3.15. The molecule has 4 aliphatic rings. The molecule has 0 spiro atoms. The van der Waals surface area contributed by atoms with E-state index >= 15 is 0 Å². The second-order valence-electron chi connectivity index (χ2n) is 11.9. The van der Waals surface area contributed by atoms with Crippen molar-refractivity contribution in [2.45, 2.75) is 78.4 Å². The van der Waals surface area contributed by atoms with Crippen LogP contribution in [0.3, 0.4) is 0 Å². The molecule has 0 aromatic heterocycles. The molecular formula is C26H36O6. The Morgan fingerprint density at radius 1 is 1.22 bits per heavy atom. The van der Waals surface area contributed by atoms with Crippen LogP contribution in [0.1, 0.15) is 66.7 Å². The highest BCUT2D eigenvalue weighted by Crippen LogP contribution is 2.67. The molecule has 3 saturated carbocycles. The third kappa shape index (κ3) is 3.25. The number of carbonyl (C=O) groups excluding carboxylic acids is 3. The van der Waals surface area contributed by atoms with E-state index in [1.807, 2.05) is 13.0 Å². The fraction of sp³-hybridized carbons (Fsp3) is 0.731. The summed E-state index contributed by atoms with van der Waals surface area (Å²) in [6.07, 6.45) is 7.48. The fourth-order valence-corrected chi connectivity index (χ4v) is 7.26. The lowest BCUT2D eigenvalue weighted by Gasteiger charge is -2.59. The molecule has 4 aliphatic carbocycles. The van der Waals surface area contributed by atoms with Crippen LogP contribution in [0.25, 0.3) is 0 Å². The molecular weight excluding hydrogens is 408 g/mol. The number of allylic oxidation sites excluding steroid dienone is 4. The van der Waals surface area contributed by atoms with E-state index < -0.39 is 40.9 Å². The van der Waals surface area contributed by atoms with Gasteiger partial charge in [-0.25, -0.2) is 0 Å². The van der Waals surface area contributed by atoms with Crippen LogP contribution in [0.15, 0.2) is 23.8 Å². The van der Waals surface area contributed by atoms with Crippen molar-refractivity contribution in [2.24, 2.45) is 34.0 Å². The largest absolute Gasteiger partial charge is 0.457 e. The molecule has 0 unspecified atom stereocenters. The Kier molecular flexibility index (Phi) is 5.37. The first-order valence-electron chi connectivity index (χ1n) is 11.8. The maximum Gasteiger partial charge on any atom is 0.311 e. The van der Waals surface area contributed by atoms with Gasteiger partial charge in [-0.15, -0.1) is 0 Å². The van der Waals surface area contributed by atoms with Crippen molar-refractivity contribution in [3.63, 3.8) is 0 Å². The highest BCUT2D eigenvalue weighted by molar-refractivity contribution is 6.01. The van der Waals surface area contributed by atoms with E-state index in [0.717, 1.165) is 18.4 Å². The van der Waals surface area contributed by atoms with Gasteiger partial charge in [-0.05, 0) is 76.9 Å². The van der Waals surface area contributed by atoms with Gasteiger partial charge < -0.3 is 14.9 Å². The van der Waals surface area contributed by atoms with Crippen LogP contribution in [0, 0.1) is 34.0 Å². The lowest BCUT2D eigenvalue weighted by Crippen LogP contribution is -2.61. The van der Waals surface area contributed by atoms with Crippen molar-refractivity contribution in [3.05, 3.63) is 23.8 Å². The summed E-state index contributed by atoms with van der Waals surface area (Å²) in [5, 5.41) is 23.0. The third-order valence-electron chi connectivity index (χ3n) is 9.06. The Hall–Kier alpha value is -1.79. The summed E-state index contributed by atoms with van der Waals surface area (Å²) < 4.78 is 5.24. The van der Waals surface area contributed by atoms with Crippen LogP contribution in [0.4, 0.5) is 0 Å². The number of hydrogen-bond acceptors (Lipinski definition) is 6. The van der Waals surface area contributed by atoms with E-state index in [4.69, 9.17) is 4.74 Å². The van der Waals surface area contributed by atoms with Crippen molar-refractivity contribution in [3.8, 4) is 0 Å². The summed E-state index contributed by atoms with van der Waals surface area (Å²) in [7, 11) is 0. The van der Waals surface area contributed by atoms with Gasteiger partial charge in [0.1, 0.15) is 5.60 Å². The van der Waals surface area contributed by atoms with Gasteiger partial charge in [0.25, 0.3) is 0 Å². The highest BCUT2D eigenvalue weighted by atomic mass is 16.5. The van der Waals surface area contributed by atoms with E-state index in [2.05, 4.69) is 6.92 Å². The van der Waals surface area contributed by atoms with Crippen LogP contribution < -0.4 is 0 Å². The van der Waals surface area contributed by atoms with Gasteiger partial charge in [0.2, 0.25) is 5.78 Å². The predicted molar refractivity (Wildman–Crippen MR) is 118 cm³/mol. The molecule has 0 amide bonds. The quantitative estimate of drug-likeness (QED) is 0.649. The average Bonchev–Trinajstić information content (AvgIpc) is 2.97. The van der Waals surface area contributed by atoms with Gasteiger partial charge in [-0.1, -0.05) is 25.5 Å². The van der Waals surface area contributed by atoms with E-state index in [-0.39, 0.29) is 29.0 Å². The summed E-state index contributed by atoms with van der Waals surface area (Å²) in [5.41, 5.74) is -2.45. The first-order chi connectivity index (χ1) is 14.7. The van der Waals surface area contributed by atoms with Gasteiger partial charge in [0, 0.05) is 16.7 Å². The van der Waals surface area contributed by atoms with Crippen LogP contribution in [0.2, 0.25) is 0 Å². The molecule has 0 saturated heterocycles. The van der Waals surface area contributed by atoms with Crippen LogP contribution in [-0.2, 0) is 19.1 Å². The molecule has 6 nitrogen and oxygen atoms in total. The van der Waals surface area contributed by atoms with E-state index in [9.17, 15) is 24.6 Å². The normalized spacial score (nSPS) is 43.1. The zero-order valence-electron chi connectivity index (χ0n) is 19.8. The molecule has 3 fully saturated rings. The second-order valence-corrected chi connectivity index (χ2v) is 11.9.